The Morgan fingerprint density at radius 1 is 0.913 bits per heavy atom. The minimum atomic E-state index is -0.769. The van der Waals surface area contributed by atoms with Crippen LogP contribution in [0.2, 0.25) is 0 Å². The van der Waals surface area contributed by atoms with Gasteiger partial charge in [-0.05, 0) is 54.1 Å². The molecule has 2 rings (SSSR count). The van der Waals surface area contributed by atoms with Gasteiger partial charge in [-0.1, -0.05) is 0 Å². The molecule has 0 amide bonds. The van der Waals surface area contributed by atoms with Crippen molar-refractivity contribution in [3.63, 3.8) is 0 Å². The van der Waals surface area contributed by atoms with Gasteiger partial charge in [0.15, 0.2) is 0 Å². The molecule has 6 nitrogen and oxygen atoms in total. The molecule has 0 spiro atoms. The van der Waals surface area contributed by atoms with Crippen LogP contribution in [0.1, 0.15) is 12.5 Å². The topological polar surface area (TPSA) is 74.2 Å². The van der Waals surface area contributed by atoms with Crippen molar-refractivity contribution in [3.05, 3.63) is 54.1 Å². The van der Waals surface area contributed by atoms with Crippen molar-refractivity contribution in [1.82, 2.24) is 0 Å². The van der Waals surface area contributed by atoms with Gasteiger partial charge in [-0.25, -0.2) is 4.79 Å². The van der Waals surface area contributed by atoms with Crippen LogP contribution in [0, 0.1) is 0 Å². The predicted octanol–water partition coefficient (Wildman–Crippen LogP) is 3.51. The summed E-state index contributed by atoms with van der Waals surface area (Å²) >= 11 is 0. The molecule has 0 unspecified atom stereocenters. The Morgan fingerprint density at radius 2 is 1.48 bits per heavy atom. The molecule has 0 N–H and O–H groups in total. The van der Waals surface area contributed by atoms with Crippen molar-refractivity contribution >= 4 is 24.0 Å². The quantitative estimate of drug-likeness (QED) is 0.374. The monoisotopic (exact) mass is 313 g/mol. The third-order valence-corrected chi connectivity index (χ3v) is 2.71. The average molecular weight is 313 g/mol. The number of benzene rings is 2. The molecule has 0 aromatic heterocycles. The lowest BCUT2D eigenvalue weighted by Crippen LogP contribution is -2.06. The van der Waals surface area contributed by atoms with Crippen molar-refractivity contribution in [2.24, 2.45) is 4.99 Å². The first kappa shape index (κ1) is 16.2. The molecule has 2 aromatic rings. The summed E-state index contributed by atoms with van der Waals surface area (Å²) in [6.07, 6.45) is 0.905. The molecule has 118 valence electrons. The Bertz CT molecular complexity index is 705. The van der Waals surface area contributed by atoms with E-state index in [1.165, 1.54) is 14.0 Å². The van der Waals surface area contributed by atoms with Crippen molar-refractivity contribution in [1.29, 1.82) is 0 Å². The largest absolute Gasteiger partial charge is 0.513 e. The Kier molecular flexibility index (Phi) is 5.46. The summed E-state index contributed by atoms with van der Waals surface area (Å²) in [6.45, 7) is 1.35. The molecule has 0 aliphatic carbocycles. The third-order valence-electron chi connectivity index (χ3n) is 2.71. The fourth-order valence-electron chi connectivity index (χ4n) is 1.68. The number of hydrogen-bond acceptors (Lipinski definition) is 6. The lowest BCUT2D eigenvalue weighted by molar-refractivity contribution is -0.131. The molecule has 0 aliphatic rings. The van der Waals surface area contributed by atoms with Crippen LogP contribution < -0.4 is 9.47 Å². The predicted molar refractivity (Wildman–Crippen MR) is 84.5 cm³/mol. The number of hydrogen-bond donors (Lipinski definition) is 0. The molecule has 0 aliphatic heterocycles. The Hall–Kier alpha value is -3.15. The zero-order valence-corrected chi connectivity index (χ0v) is 12.7. The molecule has 6 heteroatoms. The highest BCUT2D eigenvalue weighted by Crippen LogP contribution is 2.19. The second kappa shape index (κ2) is 7.74. The number of methoxy groups -OCH3 is 1. The number of rotatable bonds is 4. The number of carbonyl (C=O) groups excluding carboxylic acids is 2. The first-order valence-corrected chi connectivity index (χ1v) is 6.75. The molecule has 0 fully saturated rings. The maximum Gasteiger partial charge on any atom is 0.513 e. The van der Waals surface area contributed by atoms with E-state index in [1.807, 2.05) is 0 Å². The van der Waals surface area contributed by atoms with Crippen LogP contribution in [0.5, 0.6) is 11.5 Å². The molecular weight excluding hydrogens is 298 g/mol. The third kappa shape index (κ3) is 5.28. The van der Waals surface area contributed by atoms with E-state index in [-0.39, 0.29) is 5.97 Å². The summed E-state index contributed by atoms with van der Waals surface area (Å²) < 4.78 is 14.2. The lowest BCUT2D eigenvalue weighted by atomic mass is 10.2. The first-order chi connectivity index (χ1) is 11.1. The van der Waals surface area contributed by atoms with Gasteiger partial charge < -0.3 is 14.2 Å². The summed E-state index contributed by atoms with van der Waals surface area (Å²) in [5.41, 5.74) is 1.56. The highest BCUT2D eigenvalue weighted by Gasteiger charge is 2.02. The van der Waals surface area contributed by atoms with Crippen LogP contribution >= 0.6 is 0 Å². The SMILES string of the molecule is COC(=O)Oc1ccc(N=Cc2ccc(OC(C)=O)cc2)cc1. The summed E-state index contributed by atoms with van der Waals surface area (Å²) in [4.78, 5) is 26.1. The molecule has 0 bridgehead atoms. The highest BCUT2D eigenvalue weighted by atomic mass is 16.7. The standard InChI is InChI=1S/C17H15NO5/c1-12(19)22-15-7-3-13(4-8-15)11-18-14-5-9-16(10-6-14)23-17(20)21-2/h3-11H,1-2H3. The smallest absolute Gasteiger partial charge is 0.437 e. The molecule has 23 heavy (non-hydrogen) atoms. The van der Waals surface area contributed by atoms with Crippen molar-refractivity contribution < 1.29 is 23.8 Å². The van der Waals surface area contributed by atoms with E-state index in [2.05, 4.69) is 9.73 Å². The van der Waals surface area contributed by atoms with Crippen molar-refractivity contribution in [3.8, 4) is 11.5 Å². The van der Waals surface area contributed by atoms with Gasteiger partial charge in [-0.2, -0.15) is 0 Å². The number of nitrogens with zero attached hydrogens (tertiary/aromatic N) is 1. The van der Waals surface area contributed by atoms with E-state index in [1.54, 1.807) is 54.7 Å². The number of carbonyl (C=O) groups is 2. The molecule has 0 atom stereocenters. The Labute approximate surface area is 133 Å². The van der Waals surface area contributed by atoms with Gasteiger partial charge in [0, 0.05) is 13.1 Å². The second-order valence-electron chi connectivity index (χ2n) is 4.47. The van der Waals surface area contributed by atoms with Crippen LogP contribution in [0.25, 0.3) is 0 Å². The van der Waals surface area contributed by atoms with Gasteiger partial charge in [0.25, 0.3) is 0 Å². The van der Waals surface area contributed by atoms with Crippen LogP contribution in [-0.2, 0) is 9.53 Å². The average Bonchev–Trinajstić information content (AvgIpc) is 2.55. The number of aliphatic imine (C=N–C) groups is 1. The summed E-state index contributed by atoms with van der Waals surface area (Å²) in [6, 6.07) is 13.6. The molecule has 0 radical (unpaired) electrons. The van der Waals surface area contributed by atoms with Gasteiger partial charge in [0.2, 0.25) is 0 Å². The molecule has 0 heterocycles. The number of ether oxygens (including phenoxy) is 3. The fraction of sp³-hybridized carbons (Fsp3) is 0.118. The highest BCUT2D eigenvalue weighted by molar-refractivity contribution is 5.82. The Balaban J connectivity index is 1.99. The summed E-state index contributed by atoms with van der Waals surface area (Å²) in [5, 5.41) is 0. The van der Waals surface area contributed by atoms with Crippen LogP contribution in [0.3, 0.4) is 0 Å². The van der Waals surface area contributed by atoms with E-state index >= 15 is 0 Å². The van der Waals surface area contributed by atoms with Gasteiger partial charge in [-0.15, -0.1) is 0 Å². The lowest BCUT2D eigenvalue weighted by Gasteiger charge is -2.02. The fourth-order valence-corrected chi connectivity index (χ4v) is 1.68. The molecule has 2 aromatic carbocycles. The Morgan fingerprint density at radius 3 is 2.04 bits per heavy atom. The zero-order chi connectivity index (χ0) is 16.7. The van der Waals surface area contributed by atoms with E-state index in [4.69, 9.17) is 9.47 Å². The molecule has 0 saturated heterocycles. The first-order valence-electron chi connectivity index (χ1n) is 6.75. The van der Waals surface area contributed by atoms with Crippen LogP contribution in [0.15, 0.2) is 53.5 Å². The summed E-state index contributed by atoms with van der Waals surface area (Å²) in [7, 11) is 1.24. The molecule has 0 saturated carbocycles. The zero-order valence-electron chi connectivity index (χ0n) is 12.7. The van der Waals surface area contributed by atoms with Gasteiger partial charge in [0.05, 0.1) is 12.8 Å². The van der Waals surface area contributed by atoms with Crippen molar-refractivity contribution in [2.75, 3.05) is 7.11 Å². The van der Waals surface area contributed by atoms with Gasteiger partial charge >= 0.3 is 12.1 Å². The number of esters is 1. The normalized spacial score (nSPS) is 10.3. The minimum Gasteiger partial charge on any atom is -0.437 e. The summed E-state index contributed by atoms with van der Waals surface area (Å²) in [5.74, 6) is 0.501. The van der Waals surface area contributed by atoms with E-state index in [0.717, 1.165) is 5.56 Å². The van der Waals surface area contributed by atoms with Crippen LogP contribution in [-0.4, -0.2) is 25.4 Å². The van der Waals surface area contributed by atoms with Crippen molar-refractivity contribution in [2.45, 2.75) is 6.92 Å². The second-order valence-corrected chi connectivity index (χ2v) is 4.47. The van der Waals surface area contributed by atoms with Gasteiger partial charge in [-0.3, -0.25) is 9.79 Å². The minimum absolute atomic E-state index is 0.360. The maximum atomic E-state index is 11.0. The van der Waals surface area contributed by atoms with Crippen LogP contribution in [0.4, 0.5) is 10.5 Å². The van der Waals surface area contributed by atoms with E-state index in [9.17, 15) is 9.59 Å². The van der Waals surface area contributed by atoms with E-state index < -0.39 is 6.16 Å². The molecular formula is C17H15NO5. The van der Waals surface area contributed by atoms with E-state index in [0.29, 0.717) is 17.2 Å². The van der Waals surface area contributed by atoms with Gasteiger partial charge in [0.1, 0.15) is 11.5 Å². The maximum absolute atomic E-state index is 11.0.